The molecule has 0 bridgehead atoms. The molecule has 0 radical (unpaired) electrons. The lowest BCUT2D eigenvalue weighted by molar-refractivity contribution is -0.137. The van der Waals surface area contributed by atoms with Crippen LogP contribution in [0.2, 0.25) is 0 Å². The molecule has 2 aromatic carbocycles. The molecule has 0 spiro atoms. The Morgan fingerprint density at radius 2 is 1.85 bits per heavy atom. The van der Waals surface area contributed by atoms with Crippen molar-refractivity contribution < 1.29 is 26.0 Å². The predicted molar refractivity (Wildman–Crippen MR) is 85.2 cm³/mol. The number of hydrogen-bond donors (Lipinski definition) is 2. The second-order valence-corrected chi connectivity index (χ2v) is 6.97. The van der Waals surface area contributed by atoms with Gasteiger partial charge in [0.05, 0.1) is 22.9 Å². The molecule has 2 N–H and O–H groups in total. The zero-order valence-electron chi connectivity index (χ0n) is 12.7. The first kappa shape index (κ1) is 17.8. The first-order valence-electron chi connectivity index (χ1n) is 7.02. The van der Waals surface area contributed by atoms with Crippen LogP contribution in [-0.4, -0.2) is 13.4 Å². The largest absolute Gasteiger partial charge is 0.416 e. The minimum atomic E-state index is -4.57. The zero-order chi connectivity index (χ0) is 19.1. The quantitative estimate of drug-likeness (QED) is 0.671. The molecule has 0 aliphatic rings. The van der Waals surface area contributed by atoms with Crippen molar-refractivity contribution >= 4 is 26.6 Å². The highest BCUT2D eigenvalue weighted by molar-refractivity contribution is 7.93. The van der Waals surface area contributed by atoms with Crippen LogP contribution in [0, 0.1) is 17.1 Å². The van der Waals surface area contributed by atoms with Crippen LogP contribution in [0.25, 0.3) is 10.9 Å². The van der Waals surface area contributed by atoms with E-state index in [1.807, 2.05) is 4.72 Å². The number of nitriles is 1. The molecule has 0 saturated carbocycles. The molecule has 0 aliphatic carbocycles. The number of benzene rings is 2. The lowest BCUT2D eigenvalue weighted by atomic mass is 10.1. The summed E-state index contributed by atoms with van der Waals surface area (Å²) in [5, 5.41) is 8.72. The van der Waals surface area contributed by atoms with E-state index in [1.165, 1.54) is 6.07 Å². The molecule has 134 valence electrons. The lowest BCUT2D eigenvalue weighted by Crippen LogP contribution is -2.13. The maximum absolute atomic E-state index is 13.9. The van der Waals surface area contributed by atoms with Crippen molar-refractivity contribution in [2.45, 2.75) is 11.1 Å². The Bertz CT molecular complexity index is 1140. The standard InChI is InChI=1S/C16H9F4N3O2S/c17-12-5-9(7-21)1-4-13(12)23-26(24,25)15-8-22-14-6-10(16(18,19)20)2-3-11(14)15/h1-6,8,22-23H. The van der Waals surface area contributed by atoms with Crippen molar-refractivity contribution in [3.63, 3.8) is 0 Å². The molecule has 10 heteroatoms. The van der Waals surface area contributed by atoms with E-state index in [1.54, 1.807) is 6.07 Å². The van der Waals surface area contributed by atoms with Crippen LogP contribution in [0.3, 0.4) is 0 Å². The van der Waals surface area contributed by atoms with E-state index in [4.69, 9.17) is 5.26 Å². The van der Waals surface area contributed by atoms with Crippen LogP contribution in [0.5, 0.6) is 0 Å². The molecule has 0 atom stereocenters. The lowest BCUT2D eigenvalue weighted by Gasteiger charge is -2.09. The SMILES string of the molecule is N#Cc1ccc(NS(=O)(=O)c2c[nH]c3cc(C(F)(F)F)ccc23)c(F)c1. The van der Waals surface area contributed by atoms with Crippen LogP contribution < -0.4 is 4.72 Å². The number of rotatable bonds is 3. The fourth-order valence-corrected chi connectivity index (χ4v) is 3.61. The van der Waals surface area contributed by atoms with Gasteiger partial charge in [0, 0.05) is 17.1 Å². The molecule has 0 amide bonds. The number of aromatic nitrogens is 1. The smallest absolute Gasteiger partial charge is 0.360 e. The molecule has 26 heavy (non-hydrogen) atoms. The number of nitrogens with zero attached hydrogens (tertiary/aromatic N) is 1. The third-order valence-electron chi connectivity index (χ3n) is 3.60. The minimum absolute atomic E-state index is 0.0113. The number of aromatic amines is 1. The number of anilines is 1. The topological polar surface area (TPSA) is 85.8 Å². The van der Waals surface area contributed by atoms with Gasteiger partial charge in [0.1, 0.15) is 10.7 Å². The van der Waals surface area contributed by atoms with Crippen molar-refractivity contribution in [2.75, 3.05) is 4.72 Å². The Labute approximate surface area is 144 Å². The summed E-state index contributed by atoms with van der Waals surface area (Å²) in [7, 11) is -4.27. The molecule has 3 aromatic rings. The van der Waals surface area contributed by atoms with E-state index in [-0.39, 0.29) is 27.0 Å². The molecule has 0 fully saturated rings. The number of fused-ring (bicyclic) bond motifs is 1. The second-order valence-electron chi connectivity index (χ2n) is 5.32. The van der Waals surface area contributed by atoms with Gasteiger partial charge in [-0.3, -0.25) is 4.72 Å². The molecular formula is C16H9F4N3O2S. The molecule has 0 aliphatic heterocycles. The summed E-state index contributed by atoms with van der Waals surface area (Å²) >= 11 is 0. The van der Waals surface area contributed by atoms with Gasteiger partial charge >= 0.3 is 6.18 Å². The summed E-state index contributed by atoms with van der Waals surface area (Å²) in [4.78, 5) is 2.14. The van der Waals surface area contributed by atoms with E-state index in [0.717, 1.165) is 36.5 Å². The van der Waals surface area contributed by atoms with E-state index >= 15 is 0 Å². The summed E-state index contributed by atoms with van der Waals surface area (Å²) in [5.74, 6) is -0.952. The number of alkyl halides is 3. The maximum Gasteiger partial charge on any atom is 0.416 e. The number of sulfonamides is 1. The normalized spacial score (nSPS) is 12.1. The Morgan fingerprint density at radius 3 is 2.46 bits per heavy atom. The van der Waals surface area contributed by atoms with Crippen LogP contribution in [0.4, 0.5) is 23.2 Å². The van der Waals surface area contributed by atoms with Crippen LogP contribution in [0.15, 0.2) is 47.5 Å². The van der Waals surface area contributed by atoms with Gasteiger partial charge in [-0.15, -0.1) is 0 Å². The van der Waals surface area contributed by atoms with Gasteiger partial charge < -0.3 is 4.98 Å². The monoisotopic (exact) mass is 383 g/mol. The second kappa shape index (κ2) is 6.03. The highest BCUT2D eigenvalue weighted by atomic mass is 32.2. The number of halogens is 4. The molecular weight excluding hydrogens is 374 g/mol. The predicted octanol–water partition coefficient (Wildman–Crippen LogP) is 4.00. The molecule has 5 nitrogen and oxygen atoms in total. The van der Waals surface area contributed by atoms with E-state index in [2.05, 4.69) is 4.98 Å². The zero-order valence-corrected chi connectivity index (χ0v) is 13.5. The Hall–Kier alpha value is -3.06. The van der Waals surface area contributed by atoms with Crippen LogP contribution >= 0.6 is 0 Å². The summed E-state index contributed by atoms with van der Waals surface area (Å²) < 4.78 is 79.1. The number of hydrogen-bond acceptors (Lipinski definition) is 3. The van der Waals surface area contributed by atoms with Gasteiger partial charge in [-0.1, -0.05) is 6.07 Å². The Morgan fingerprint density at radius 1 is 1.12 bits per heavy atom. The van der Waals surface area contributed by atoms with Crippen molar-refractivity contribution in [3.8, 4) is 6.07 Å². The summed E-state index contributed by atoms with van der Waals surface area (Å²) in [6.07, 6.45) is -3.54. The van der Waals surface area contributed by atoms with E-state index < -0.39 is 27.6 Å². The van der Waals surface area contributed by atoms with Crippen LogP contribution in [-0.2, 0) is 16.2 Å². The average Bonchev–Trinajstić information content (AvgIpc) is 2.99. The van der Waals surface area contributed by atoms with Gasteiger partial charge in [-0.2, -0.15) is 18.4 Å². The van der Waals surface area contributed by atoms with Crippen LogP contribution in [0.1, 0.15) is 11.1 Å². The summed E-state index contributed by atoms with van der Waals surface area (Å²) in [5.41, 5.74) is -1.33. The highest BCUT2D eigenvalue weighted by Gasteiger charge is 2.31. The first-order chi connectivity index (χ1) is 12.1. The van der Waals surface area contributed by atoms with Gasteiger partial charge in [0.15, 0.2) is 0 Å². The van der Waals surface area contributed by atoms with Crippen molar-refractivity contribution in [3.05, 3.63) is 59.5 Å². The van der Waals surface area contributed by atoms with Gasteiger partial charge in [-0.25, -0.2) is 12.8 Å². The molecule has 1 aromatic heterocycles. The third-order valence-corrected chi connectivity index (χ3v) is 5.01. The summed E-state index contributed by atoms with van der Waals surface area (Å²) in [6.45, 7) is 0. The molecule has 1 heterocycles. The van der Waals surface area contributed by atoms with E-state index in [9.17, 15) is 26.0 Å². The van der Waals surface area contributed by atoms with E-state index in [0.29, 0.717) is 0 Å². The third kappa shape index (κ3) is 3.21. The van der Waals surface area contributed by atoms with Gasteiger partial charge in [0.2, 0.25) is 0 Å². The number of H-pyrrole nitrogens is 1. The van der Waals surface area contributed by atoms with Crippen molar-refractivity contribution in [1.29, 1.82) is 5.26 Å². The fraction of sp³-hybridized carbons (Fsp3) is 0.0625. The summed E-state index contributed by atoms with van der Waals surface area (Å²) in [6, 6.07) is 7.47. The minimum Gasteiger partial charge on any atom is -0.360 e. The average molecular weight is 383 g/mol. The molecule has 3 rings (SSSR count). The Kier molecular flexibility index (Phi) is 4.12. The maximum atomic E-state index is 13.9. The number of nitrogens with one attached hydrogen (secondary N) is 2. The highest BCUT2D eigenvalue weighted by Crippen LogP contribution is 2.33. The molecule has 0 saturated heterocycles. The van der Waals surface area contributed by atoms with Gasteiger partial charge in [-0.05, 0) is 30.3 Å². The Balaban J connectivity index is 2.01. The molecule has 0 unspecified atom stereocenters. The van der Waals surface area contributed by atoms with Crippen molar-refractivity contribution in [1.82, 2.24) is 4.98 Å². The fourth-order valence-electron chi connectivity index (χ4n) is 2.37. The first-order valence-corrected chi connectivity index (χ1v) is 8.51. The van der Waals surface area contributed by atoms with Gasteiger partial charge in [0.25, 0.3) is 10.0 Å². The van der Waals surface area contributed by atoms with Crippen molar-refractivity contribution in [2.24, 2.45) is 0 Å².